The van der Waals surface area contributed by atoms with Gasteiger partial charge in [0, 0.05) is 25.7 Å². The largest absolute Gasteiger partial charge is 0.349 e. The number of hydrogen-bond donors (Lipinski definition) is 1. The molecule has 0 aromatic heterocycles. The van der Waals surface area contributed by atoms with E-state index in [4.69, 9.17) is 0 Å². The second-order valence-corrected chi connectivity index (χ2v) is 9.49. The van der Waals surface area contributed by atoms with Crippen LogP contribution in [0.2, 0.25) is 0 Å². The van der Waals surface area contributed by atoms with E-state index in [-0.39, 0.29) is 17.5 Å². The third kappa shape index (κ3) is 4.42. The Hall–Kier alpha value is -2.25. The molecular formula is C21H25FN2O3S. The smallest absolute Gasteiger partial charge is 0.251 e. The Morgan fingerprint density at radius 2 is 1.68 bits per heavy atom. The summed E-state index contributed by atoms with van der Waals surface area (Å²) in [5.74, 6) is -0.746. The van der Waals surface area contributed by atoms with Gasteiger partial charge < -0.3 is 5.32 Å². The normalized spacial score (nSPS) is 20.1. The average molecular weight is 405 g/mol. The number of nitrogens with one attached hydrogen (secondary N) is 1. The second kappa shape index (κ2) is 8.41. The highest BCUT2D eigenvalue weighted by Gasteiger charge is 2.26. The first-order valence-electron chi connectivity index (χ1n) is 9.37. The van der Waals surface area contributed by atoms with E-state index in [1.807, 2.05) is 18.2 Å². The van der Waals surface area contributed by atoms with E-state index in [2.05, 4.69) is 17.4 Å². The van der Waals surface area contributed by atoms with E-state index in [1.165, 1.54) is 25.7 Å². The van der Waals surface area contributed by atoms with Crippen molar-refractivity contribution in [2.45, 2.75) is 42.5 Å². The first kappa shape index (κ1) is 20.5. The molecule has 0 spiro atoms. The number of amides is 1. The van der Waals surface area contributed by atoms with Crippen LogP contribution >= 0.6 is 0 Å². The predicted molar refractivity (Wildman–Crippen MR) is 106 cm³/mol. The lowest BCUT2D eigenvalue weighted by Gasteiger charge is -2.29. The molecule has 1 amide bonds. The monoisotopic (exact) mass is 404 g/mol. The third-order valence-electron chi connectivity index (χ3n) is 5.29. The molecule has 1 N–H and O–H groups in total. The Labute approximate surface area is 165 Å². The van der Waals surface area contributed by atoms with Gasteiger partial charge in [0.1, 0.15) is 10.7 Å². The van der Waals surface area contributed by atoms with Gasteiger partial charge in [0.05, 0.1) is 0 Å². The third-order valence-corrected chi connectivity index (χ3v) is 7.12. The second-order valence-electron chi connectivity index (χ2n) is 7.37. The number of carbonyl (C=O) groups excluding carboxylic acids is 1. The van der Waals surface area contributed by atoms with Crippen molar-refractivity contribution in [3.8, 4) is 0 Å². The Morgan fingerprint density at radius 3 is 2.29 bits per heavy atom. The summed E-state index contributed by atoms with van der Waals surface area (Å²) < 4.78 is 39.4. The summed E-state index contributed by atoms with van der Waals surface area (Å²) in [6, 6.07) is 13.8. The molecule has 0 atom stereocenters. The summed E-state index contributed by atoms with van der Waals surface area (Å²) >= 11 is 0. The molecule has 1 aliphatic carbocycles. The van der Waals surface area contributed by atoms with Gasteiger partial charge in [-0.3, -0.25) is 4.79 Å². The molecule has 3 rings (SSSR count). The SMILES string of the molecule is CN(C)S(=O)(=O)c1cc(C(=O)NC2CCC(c3ccccc3)CC2)ccc1F. The minimum Gasteiger partial charge on any atom is -0.349 e. The van der Waals surface area contributed by atoms with Crippen molar-refractivity contribution < 1.29 is 17.6 Å². The van der Waals surface area contributed by atoms with E-state index in [0.29, 0.717) is 5.92 Å². The lowest BCUT2D eigenvalue weighted by atomic mass is 9.82. The quantitative estimate of drug-likeness (QED) is 0.829. The van der Waals surface area contributed by atoms with Gasteiger partial charge in [0.25, 0.3) is 5.91 Å². The minimum atomic E-state index is -3.96. The van der Waals surface area contributed by atoms with Crippen LogP contribution in [0, 0.1) is 5.82 Å². The summed E-state index contributed by atoms with van der Waals surface area (Å²) in [6.07, 6.45) is 3.68. The van der Waals surface area contributed by atoms with Gasteiger partial charge in [-0.15, -0.1) is 0 Å². The number of hydrogen-bond acceptors (Lipinski definition) is 3. The Bertz CT molecular complexity index is 937. The van der Waals surface area contributed by atoms with Crippen LogP contribution in [0.1, 0.15) is 47.5 Å². The van der Waals surface area contributed by atoms with E-state index < -0.39 is 20.7 Å². The fraction of sp³-hybridized carbons (Fsp3) is 0.381. The molecule has 1 saturated carbocycles. The lowest BCUT2D eigenvalue weighted by molar-refractivity contribution is 0.0925. The average Bonchev–Trinajstić information content (AvgIpc) is 2.69. The number of sulfonamides is 1. The first-order valence-corrected chi connectivity index (χ1v) is 10.8. The molecule has 1 fully saturated rings. The molecule has 0 saturated heterocycles. The maximum atomic E-state index is 14.0. The molecule has 28 heavy (non-hydrogen) atoms. The molecule has 5 nitrogen and oxygen atoms in total. The predicted octanol–water partition coefficient (Wildman–Crippen LogP) is 3.53. The molecule has 0 radical (unpaired) electrons. The van der Waals surface area contributed by atoms with E-state index in [1.54, 1.807) is 0 Å². The van der Waals surface area contributed by atoms with Crippen LogP contribution in [0.4, 0.5) is 4.39 Å². The molecule has 0 heterocycles. The molecule has 2 aromatic carbocycles. The van der Waals surface area contributed by atoms with Crippen molar-refractivity contribution in [1.82, 2.24) is 9.62 Å². The van der Waals surface area contributed by atoms with Gasteiger partial charge in [0.2, 0.25) is 10.0 Å². The van der Waals surface area contributed by atoms with Gasteiger partial charge >= 0.3 is 0 Å². The van der Waals surface area contributed by atoms with Crippen molar-refractivity contribution >= 4 is 15.9 Å². The van der Waals surface area contributed by atoms with Gasteiger partial charge in [0.15, 0.2) is 0 Å². The summed E-state index contributed by atoms with van der Waals surface area (Å²) in [4.78, 5) is 12.1. The van der Waals surface area contributed by atoms with Crippen LogP contribution in [0.3, 0.4) is 0 Å². The molecule has 7 heteroatoms. The van der Waals surface area contributed by atoms with Crippen molar-refractivity contribution in [2.24, 2.45) is 0 Å². The van der Waals surface area contributed by atoms with Crippen LogP contribution in [-0.2, 0) is 10.0 Å². The highest BCUT2D eigenvalue weighted by molar-refractivity contribution is 7.89. The van der Waals surface area contributed by atoms with Gasteiger partial charge in [-0.1, -0.05) is 30.3 Å². The maximum Gasteiger partial charge on any atom is 0.251 e. The van der Waals surface area contributed by atoms with Crippen LogP contribution in [0.5, 0.6) is 0 Å². The van der Waals surface area contributed by atoms with Crippen LogP contribution < -0.4 is 5.32 Å². The zero-order chi connectivity index (χ0) is 20.3. The minimum absolute atomic E-state index is 0.0337. The van der Waals surface area contributed by atoms with Gasteiger partial charge in [-0.2, -0.15) is 0 Å². The maximum absolute atomic E-state index is 14.0. The van der Waals surface area contributed by atoms with Crippen LogP contribution in [0.15, 0.2) is 53.4 Å². The number of rotatable bonds is 5. The van der Waals surface area contributed by atoms with Crippen LogP contribution in [0.25, 0.3) is 0 Å². The number of carbonyl (C=O) groups is 1. The zero-order valence-corrected chi connectivity index (χ0v) is 16.9. The van der Waals surface area contributed by atoms with Crippen molar-refractivity contribution in [3.63, 3.8) is 0 Å². The summed E-state index contributed by atoms with van der Waals surface area (Å²) in [5, 5.41) is 2.96. The van der Waals surface area contributed by atoms with E-state index >= 15 is 0 Å². The Kier molecular flexibility index (Phi) is 6.15. The summed E-state index contributed by atoms with van der Waals surface area (Å²) in [5.41, 5.74) is 1.47. The summed E-state index contributed by atoms with van der Waals surface area (Å²) in [6.45, 7) is 0. The number of nitrogens with zero attached hydrogens (tertiary/aromatic N) is 1. The van der Waals surface area contributed by atoms with Crippen molar-refractivity contribution in [3.05, 3.63) is 65.5 Å². The first-order chi connectivity index (χ1) is 13.3. The summed E-state index contributed by atoms with van der Waals surface area (Å²) in [7, 11) is -1.30. The van der Waals surface area contributed by atoms with Crippen LogP contribution in [-0.4, -0.2) is 38.8 Å². The standard InChI is InChI=1S/C21H25FN2O3S/c1-24(2)28(26,27)20-14-17(10-13-19(20)22)21(25)23-18-11-8-16(9-12-18)15-6-4-3-5-7-15/h3-7,10,13-14,16,18H,8-9,11-12H2,1-2H3,(H,23,25). The van der Waals surface area contributed by atoms with Crippen molar-refractivity contribution in [1.29, 1.82) is 0 Å². The fourth-order valence-electron chi connectivity index (χ4n) is 3.60. The highest BCUT2D eigenvalue weighted by atomic mass is 32.2. The van der Waals surface area contributed by atoms with E-state index in [9.17, 15) is 17.6 Å². The zero-order valence-electron chi connectivity index (χ0n) is 16.1. The van der Waals surface area contributed by atoms with Crippen molar-refractivity contribution in [2.75, 3.05) is 14.1 Å². The van der Waals surface area contributed by atoms with Gasteiger partial charge in [-0.25, -0.2) is 17.1 Å². The molecule has 1 aliphatic rings. The Morgan fingerprint density at radius 1 is 1.04 bits per heavy atom. The fourth-order valence-corrected chi connectivity index (χ4v) is 4.59. The highest BCUT2D eigenvalue weighted by Crippen LogP contribution is 2.32. The lowest BCUT2D eigenvalue weighted by Crippen LogP contribution is -2.37. The van der Waals surface area contributed by atoms with E-state index in [0.717, 1.165) is 42.1 Å². The molecule has 150 valence electrons. The number of benzene rings is 2. The molecule has 2 aromatic rings. The Balaban J connectivity index is 1.66. The molecule has 0 bridgehead atoms. The topological polar surface area (TPSA) is 66.5 Å². The molecule has 0 unspecified atom stereocenters. The van der Waals surface area contributed by atoms with Gasteiger partial charge in [-0.05, 0) is 55.4 Å². The molecule has 0 aliphatic heterocycles. The number of halogens is 1. The molecular weight excluding hydrogens is 379 g/mol.